The lowest BCUT2D eigenvalue weighted by atomic mass is 10.2. The van der Waals surface area contributed by atoms with Gasteiger partial charge in [-0.15, -0.1) is 0 Å². The number of nitrogens with zero attached hydrogens (tertiary/aromatic N) is 3. The smallest absolute Gasteiger partial charge is 0.270 e. The number of piperazine rings is 1. The standard InChI is InChI=1S/C14H21N3O5S/c1-12-3-4-13(17(18)19)11-14(12)23(20,21)16-7-5-15(6-8-16)9-10-22-2/h3-4,11H,5-10H2,1-2H3. The zero-order chi connectivity index (χ0) is 17.0. The summed E-state index contributed by atoms with van der Waals surface area (Å²) in [5.74, 6) is 0. The quantitative estimate of drug-likeness (QED) is 0.562. The fraction of sp³-hybridized carbons (Fsp3) is 0.571. The maximum Gasteiger partial charge on any atom is 0.270 e. The zero-order valence-corrected chi connectivity index (χ0v) is 14.1. The van der Waals surface area contributed by atoms with Crippen molar-refractivity contribution in [3.63, 3.8) is 0 Å². The minimum atomic E-state index is -3.72. The zero-order valence-electron chi connectivity index (χ0n) is 13.3. The van der Waals surface area contributed by atoms with Crippen molar-refractivity contribution in [1.29, 1.82) is 0 Å². The molecule has 1 aliphatic heterocycles. The van der Waals surface area contributed by atoms with E-state index < -0.39 is 14.9 Å². The third kappa shape index (κ3) is 4.05. The van der Waals surface area contributed by atoms with Gasteiger partial charge in [0.1, 0.15) is 0 Å². The first-order chi connectivity index (χ1) is 10.9. The molecular weight excluding hydrogens is 322 g/mol. The summed E-state index contributed by atoms with van der Waals surface area (Å²) in [6.45, 7) is 5.00. The fourth-order valence-electron chi connectivity index (χ4n) is 2.53. The Morgan fingerprint density at radius 3 is 2.48 bits per heavy atom. The molecule has 0 N–H and O–H groups in total. The topological polar surface area (TPSA) is 93.0 Å². The SMILES string of the molecule is COCCN1CCN(S(=O)(=O)c2cc([N+](=O)[O-])ccc2C)CC1. The van der Waals surface area contributed by atoms with Crippen LogP contribution in [0, 0.1) is 17.0 Å². The normalized spacial score (nSPS) is 17.3. The molecule has 1 heterocycles. The lowest BCUT2D eigenvalue weighted by molar-refractivity contribution is -0.385. The first-order valence-corrected chi connectivity index (χ1v) is 8.76. The van der Waals surface area contributed by atoms with Gasteiger partial charge in [0.15, 0.2) is 0 Å². The number of sulfonamides is 1. The number of benzene rings is 1. The highest BCUT2D eigenvalue weighted by Gasteiger charge is 2.30. The minimum Gasteiger partial charge on any atom is -0.383 e. The first-order valence-electron chi connectivity index (χ1n) is 7.32. The Hall–Kier alpha value is -1.55. The molecule has 2 rings (SSSR count). The molecule has 0 amide bonds. The highest BCUT2D eigenvalue weighted by molar-refractivity contribution is 7.89. The van der Waals surface area contributed by atoms with Gasteiger partial charge in [0.2, 0.25) is 10.0 Å². The average Bonchev–Trinajstić information content (AvgIpc) is 2.53. The second kappa shape index (κ2) is 7.35. The lowest BCUT2D eigenvalue weighted by Gasteiger charge is -2.34. The number of aryl methyl sites for hydroxylation is 1. The molecule has 0 aliphatic carbocycles. The van der Waals surface area contributed by atoms with E-state index in [0.717, 1.165) is 12.6 Å². The molecule has 23 heavy (non-hydrogen) atoms. The molecule has 0 bridgehead atoms. The molecule has 1 saturated heterocycles. The Balaban J connectivity index is 2.17. The number of nitro groups is 1. The summed E-state index contributed by atoms with van der Waals surface area (Å²) in [7, 11) is -2.09. The summed E-state index contributed by atoms with van der Waals surface area (Å²) in [5.41, 5.74) is 0.297. The largest absolute Gasteiger partial charge is 0.383 e. The van der Waals surface area contributed by atoms with Crippen LogP contribution >= 0.6 is 0 Å². The highest BCUT2D eigenvalue weighted by atomic mass is 32.2. The number of hydrogen-bond acceptors (Lipinski definition) is 6. The first kappa shape index (κ1) is 17.8. The third-order valence-electron chi connectivity index (χ3n) is 3.94. The van der Waals surface area contributed by atoms with Gasteiger partial charge in [-0.2, -0.15) is 4.31 Å². The number of nitro benzene ring substituents is 1. The van der Waals surface area contributed by atoms with Crippen molar-refractivity contribution < 1.29 is 18.1 Å². The van der Waals surface area contributed by atoms with Crippen LogP contribution in [0.3, 0.4) is 0 Å². The molecule has 128 valence electrons. The molecule has 1 aromatic carbocycles. The molecular formula is C14H21N3O5S. The molecule has 0 aromatic heterocycles. The van der Waals surface area contributed by atoms with Crippen LogP contribution in [0.4, 0.5) is 5.69 Å². The number of non-ortho nitro benzene ring substituents is 1. The van der Waals surface area contributed by atoms with Gasteiger partial charge in [-0.05, 0) is 12.5 Å². The molecule has 0 atom stereocenters. The number of rotatable bonds is 6. The second-order valence-electron chi connectivity index (χ2n) is 5.45. The van der Waals surface area contributed by atoms with E-state index in [9.17, 15) is 18.5 Å². The van der Waals surface area contributed by atoms with E-state index in [1.165, 1.54) is 16.4 Å². The van der Waals surface area contributed by atoms with Crippen molar-refractivity contribution in [3.05, 3.63) is 33.9 Å². The van der Waals surface area contributed by atoms with Crippen LogP contribution in [0.5, 0.6) is 0 Å². The monoisotopic (exact) mass is 343 g/mol. The van der Waals surface area contributed by atoms with Crippen molar-refractivity contribution in [3.8, 4) is 0 Å². The number of ether oxygens (including phenoxy) is 1. The van der Waals surface area contributed by atoms with Gasteiger partial charge >= 0.3 is 0 Å². The van der Waals surface area contributed by atoms with E-state index in [1.807, 2.05) is 0 Å². The number of hydrogen-bond donors (Lipinski definition) is 0. The maximum atomic E-state index is 12.8. The van der Waals surface area contributed by atoms with Gasteiger partial charge in [0, 0.05) is 52.0 Å². The fourth-order valence-corrected chi connectivity index (χ4v) is 4.20. The maximum absolute atomic E-state index is 12.8. The van der Waals surface area contributed by atoms with Crippen molar-refractivity contribution in [2.24, 2.45) is 0 Å². The molecule has 1 fully saturated rings. The lowest BCUT2D eigenvalue weighted by Crippen LogP contribution is -2.49. The number of methoxy groups -OCH3 is 1. The van der Waals surface area contributed by atoms with Gasteiger partial charge in [0.05, 0.1) is 16.4 Å². The van der Waals surface area contributed by atoms with Crippen LogP contribution in [0.2, 0.25) is 0 Å². The van der Waals surface area contributed by atoms with Gasteiger partial charge in [-0.25, -0.2) is 8.42 Å². The highest BCUT2D eigenvalue weighted by Crippen LogP contribution is 2.25. The molecule has 0 saturated carbocycles. The Kier molecular flexibility index (Phi) is 5.69. The van der Waals surface area contributed by atoms with Crippen LogP contribution in [0.25, 0.3) is 0 Å². The average molecular weight is 343 g/mol. The van der Waals surface area contributed by atoms with E-state index in [2.05, 4.69) is 4.90 Å². The summed E-state index contributed by atoms with van der Waals surface area (Å²) in [5, 5.41) is 10.9. The third-order valence-corrected chi connectivity index (χ3v) is 5.98. The predicted octanol–water partition coefficient (Wildman–Crippen LogP) is 0.856. The second-order valence-corrected chi connectivity index (χ2v) is 7.35. The van der Waals surface area contributed by atoms with Crippen LogP contribution in [0.15, 0.2) is 23.1 Å². The molecule has 1 aliphatic rings. The molecule has 8 nitrogen and oxygen atoms in total. The van der Waals surface area contributed by atoms with Gasteiger partial charge in [-0.1, -0.05) is 6.07 Å². The Morgan fingerprint density at radius 1 is 1.26 bits per heavy atom. The van der Waals surface area contributed by atoms with E-state index in [4.69, 9.17) is 4.74 Å². The summed E-state index contributed by atoms with van der Waals surface area (Å²) in [4.78, 5) is 12.5. The summed E-state index contributed by atoms with van der Waals surface area (Å²) >= 11 is 0. The summed E-state index contributed by atoms with van der Waals surface area (Å²) < 4.78 is 31.9. The molecule has 0 spiro atoms. The van der Waals surface area contributed by atoms with E-state index in [1.54, 1.807) is 14.0 Å². The van der Waals surface area contributed by atoms with Crippen molar-refractivity contribution in [1.82, 2.24) is 9.21 Å². The molecule has 9 heteroatoms. The molecule has 1 aromatic rings. The van der Waals surface area contributed by atoms with Crippen molar-refractivity contribution in [2.75, 3.05) is 46.4 Å². The van der Waals surface area contributed by atoms with E-state index >= 15 is 0 Å². The van der Waals surface area contributed by atoms with Crippen LogP contribution in [-0.2, 0) is 14.8 Å². The van der Waals surface area contributed by atoms with Gasteiger partial charge in [0.25, 0.3) is 5.69 Å². The van der Waals surface area contributed by atoms with E-state index in [0.29, 0.717) is 38.3 Å². The Labute approximate surface area is 135 Å². The van der Waals surface area contributed by atoms with Gasteiger partial charge < -0.3 is 4.74 Å². The van der Waals surface area contributed by atoms with Crippen LogP contribution < -0.4 is 0 Å². The van der Waals surface area contributed by atoms with Crippen molar-refractivity contribution in [2.45, 2.75) is 11.8 Å². The summed E-state index contributed by atoms with van der Waals surface area (Å²) in [6.07, 6.45) is 0. The Morgan fingerprint density at radius 2 is 1.91 bits per heavy atom. The van der Waals surface area contributed by atoms with Crippen molar-refractivity contribution >= 4 is 15.7 Å². The van der Waals surface area contributed by atoms with E-state index in [-0.39, 0.29) is 10.6 Å². The van der Waals surface area contributed by atoms with Crippen LogP contribution in [-0.4, -0.2) is 69.0 Å². The predicted molar refractivity (Wildman–Crippen MR) is 84.9 cm³/mol. The molecule has 0 unspecified atom stereocenters. The summed E-state index contributed by atoms with van der Waals surface area (Å²) in [6, 6.07) is 3.93. The van der Waals surface area contributed by atoms with Crippen LogP contribution in [0.1, 0.15) is 5.56 Å². The Bertz CT molecular complexity index is 669. The van der Waals surface area contributed by atoms with Gasteiger partial charge in [-0.3, -0.25) is 15.0 Å². The molecule has 0 radical (unpaired) electrons. The minimum absolute atomic E-state index is 0.0111.